The lowest BCUT2D eigenvalue weighted by atomic mass is 10.1. The van der Waals surface area contributed by atoms with E-state index in [1.807, 2.05) is 6.07 Å². The molecule has 0 fully saturated rings. The van der Waals surface area contributed by atoms with E-state index in [0.717, 1.165) is 16.8 Å². The molecule has 4 heteroatoms. The van der Waals surface area contributed by atoms with Gasteiger partial charge in [-0.15, -0.1) is 0 Å². The number of anilines is 1. The van der Waals surface area contributed by atoms with Crippen molar-refractivity contribution in [1.29, 1.82) is 0 Å². The van der Waals surface area contributed by atoms with E-state index in [9.17, 15) is 0 Å². The molecule has 0 aliphatic carbocycles. The maximum Gasteiger partial charge on any atom is 0.222 e. The first-order valence-electron chi connectivity index (χ1n) is 5.46. The van der Waals surface area contributed by atoms with Crippen molar-refractivity contribution in [3.8, 4) is 11.3 Å². The summed E-state index contributed by atoms with van der Waals surface area (Å²) >= 11 is 0. The number of rotatable bonds is 1. The second-order valence-electron chi connectivity index (χ2n) is 4.25. The molecule has 0 aliphatic rings. The van der Waals surface area contributed by atoms with Crippen LogP contribution in [-0.4, -0.2) is 10.1 Å². The number of aryl methyl sites for hydroxylation is 2. The second-order valence-corrected chi connectivity index (χ2v) is 4.25. The molecule has 3 aromatic rings. The Morgan fingerprint density at radius 2 is 2.06 bits per heavy atom. The van der Waals surface area contributed by atoms with Crippen LogP contribution in [0.25, 0.3) is 22.2 Å². The average molecular weight is 227 g/mol. The molecule has 4 nitrogen and oxygen atoms in total. The van der Waals surface area contributed by atoms with Gasteiger partial charge < -0.3 is 15.2 Å². The Hall–Kier alpha value is -2.23. The zero-order valence-electron chi connectivity index (χ0n) is 9.74. The van der Waals surface area contributed by atoms with Gasteiger partial charge in [0.15, 0.2) is 0 Å². The molecule has 0 saturated heterocycles. The first-order valence-corrected chi connectivity index (χ1v) is 5.46. The molecule has 86 valence electrons. The van der Waals surface area contributed by atoms with E-state index in [-0.39, 0.29) is 0 Å². The molecule has 17 heavy (non-hydrogen) atoms. The van der Waals surface area contributed by atoms with Crippen molar-refractivity contribution < 1.29 is 4.52 Å². The van der Waals surface area contributed by atoms with Crippen molar-refractivity contribution in [2.75, 3.05) is 5.73 Å². The zero-order valence-corrected chi connectivity index (χ0v) is 9.74. The van der Waals surface area contributed by atoms with Crippen molar-refractivity contribution in [3.05, 3.63) is 35.5 Å². The topological polar surface area (TPSA) is 67.8 Å². The molecule has 3 N–H and O–H groups in total. The van der Waals surface area contributed by atoms with Crippen LogP contribution in [0, 0.1) is 13.8 Å². The van der Waals surface area contributed by atoms with Gasteiger partial charge in [-0.3, -0.25) is 0 Å². The Kier molecular flexibility index (Phi) is 1.98. The average Bonchev–Trinajstić information content (AvgIpc) is 2.85. The summed E-state index contributed by atoms with van der Waals surface area (Å²) in [4.78, 5) is 3.35. The number of nitrogens with two attached hydrogens (primary N) is 1. The summed E-state index contributed by atoms with van der Waals surface area (Å²) in [6.45, 7) is 4.19. The SMILES string of the molecule is Cc1[nH]c2cc(-c3cc(N)on3)ccc2c1C. The maximum atomic E-state index is 5.52. The lowest BCUT2D eigenvalue weighted by Crippen LogP contribution is -1.78. The number of aromatic nitrogens is 2. The molecule has 0 spiro atoms. The van der Waals surface area contributed by atoms with Crippen LogP contribution in [0.3, 0.4) is 0 Å². The summed E-state index contributed by atoms with van der Waals surface area (Å²) in [5, 5.41) is 5.15. The van der Waals surface area contributed by atoms with Crippen LogP contribution >= 0.6 is 0 Å². The van der Waals surface area contributed by atoms with Gasteiger partial charge in [0.1, 0.15) is 5.69 Å². The summed E-state index contributed by atoms with van der Waals surface area (Å²) in [5.74, 6) is 0.332. The third-order valence-corrected chi connectivity index (χ3v) is 3.13. The number of aromatic amines is 1. The highest BCUT2D eigenvalue weighted by atomic mass is 16.5. The summed E-state index contributed by atoms with van der Waals surface area (Å²) in [7, 11) is 0. The maximum absolute atomic E-state index is 5.52. The third-order valence-electron chi connectivity index (χ3n) is 3.13. The quantitative estimate of drug-likeness (QED) is 0.671. The van der Waals surface area contributed by atoms with Crippen molar-refractivity contribution >= 4 is 16.8 Å². The van der Waals surface area contributed by atoms with E-state index >= 15 is 0 Å². The van der Waals surface area contributed by atoms with E-state index in [1.54, 1.807) is 6.07 Å². The van der Waals surface area contributed by atoms with Crippen LogP contribution in [0.5, 0.6) is 0 Å². The van der Waals surface area contributed by atoms with Crippen LogP contribution in [0.15, 0.2) is 28.8 Å². The van der Waals surface area contributed by atoms with Crippen LogP contribution in [0.1, 0.15) is 11.3 Å². The number of nitrogens with zero attached hydrogens (tertiary/aromatic N) is 1. The Morgan fingerprint density at radius 1 is 1.24 bits per heavy atom. The molecule has 0 atom stereocenters. The van der Waals surface area contributed by atoms with E-state index in [1.165, 1.54) is 16.6 Å². The monoisotopic (exact) mass is 227 g/mol. The van der Waals surface area contributed by atoms with Gasteiger partial charge in [-0.2, -0.15) is 0 Å². The van der Waals surface area contributed by atoms with E-state index in [2.05, 4.69) is 36.1 Å². The Morgan fingerprint density at radius 3 is 2.76 bits per heavy atom. The number of nitrogens with one attached hydrogen (secondary N) is 1. The molecule has 0 bridgehead atoms. The zero-order chi connectivity index (χ0) is 12.0. The summed E-state index contributed by atoms with van der Waals surface area (Å²) in [6, 6.07) is 7.91. The van der Waals surface area contributed by atoms with Gasteiger partial charge in [-0.05, 0) is 25.5 Å². The number of hydrogen-bond acceptors (Lipinski definition) is 3. The Labute approximate surface area is 98.4 Å². The fourth-order valence-corrected chi connectivity index (χ4v) is 2.06. The van der Waals surface area contributed by atoms with E-state index in [0.29, 0.717) is 5.88 Å². The molecule has 0 aliphatic heterocycles. The van der Waals surface area contributed by atoms with Crippen molar-refractivity contribution in [1.82, 2.24) is 10.1 Å². The predicted molar refractivity (Wildman–Crippen MR) is 67.7 cm³/mol. The smallest absolute Gasteiger partial charge is 0.222 e. The minimum Gasteiger partial charge on any atom is -0.368 e. The fraction of sp³-hybridized carbons (Fsp3) is 0.154. The lowest BCUT2D eigenvalue weighted by Gasteiger charge is -1.96. The van der Waals surface area contributed by atoms with Crippen LogP contribution < -0.4 is 5.73 Å². The standard InChI is InChI=1S/C13H13N3O/c1-7-8(2)15-12-5-9(3-4-10(7)12)11-6-13(14)17-16-11/h3-6,15H,14H2,1-2H3. The molecule has 1 aromatic carbocycles. The summed E-state index contributed by atoms with van der Waals surface area (Å²) in [6.07, 6.45) is 0. The summed E-state index contributed by atoms with van der Waals surface area (Å²) in [5.41, 5.74) is 10.9. The summed E-state index contributed by atoms with van der Waals surface area (Å²) < 4.78 is 4.88. The van der Waals surface area contributed by atoms with Crippen LogP contribution in [-0.2, 0) is 0 Å². The minimum absolute atomic E-state index is 0.332. The molecule has 0 amide bonds. The Bertz CT molecular complexity index is 694. The first kappa shape index (κ1) is 9.96. The van der Waals surface area contributed by atoms with Gasteiger partial charge >= 0.3 is 0 Å². The molecule has 3 rings (SSSR count). The van der Waals surface area contributed by atoms with Crippen LogP contribution in [0.2, 0.25) is 0 Å². The van der Waals surface area contributed by atoms with Gasteiger partial charge in [-0.1, -0.05) is 17.3 Å². The van der Waals surface area contributed by atoms with Gasteiger partial charge in [0.05, 0.1) is 0 Å². The van der Waals surface area contributed by atoms with Gasteiger partial charge in [0.2, 0.25) is 5.88 Å². The predicted octanol–water partition coefficient (Wildman–Crippen LogP) is 3.02. The highest BCUT2D eigenvalue weighted by Crippen LogP contribution is 2.27. The highest BCUT2D eigenvalue weighted by molar-refractivity contribution is 5.88. The van der Waals surface area contributed by atoms with Crippen molar-refractivity contribution in [2.45, 2.75) is 13.8 Å². The lowest BCUT2D eigenvalue weighted by molar-refractivity contribution is 0.439. The second kappa shape index (κ2) is 3.38. The Balaban J connectivity index is 2.20. The molecule has 2 aromatic heterocycles. The van der Waals surface area contributed by atoms with E-state index < -0.39 is 0 Å². The third kappa shape index (κ3) is 1.49. The van der Waals surface area contributed by atoms with Gasteiger partial charge in [-0.25, -0.2) is 0 Å². The highest BCUT2D eigenvalue weighted by Gasteiger charge is 2.08. The molecular weight excluding hydrogens is 214 g/mol. The minimum atomic E-state index is 0.332. The van der Waals surface area contributed by atoms with Gasteiger partial charge in [0.25, 0.3) is 0 Å². The van der Waals surface area contributed by atoms with Crippen molar-refractivity contribution in [2.24, 2.45) is 0 Å². The van der Waals surface area contributed by atoms with Crippen LogP contribution in [0.4, 0.5) is 5.88 Å². The number of nitrogen functional groups attached to an aromatic ring is 1. The van der Waals surface area contributed by atoms with Crippen molar-refractivity contribution in [3.63, 3.8) is 0 Å². The molecule has 0 saturated carbocycles. The van der Waals surface area contributed by atoms with E-state index in [4.69, 9.17) is 10.3 Å². The molecule has 2 heterocycles. The largest absolute Gasteiger partial charge is 0.368 e. The fourth-order valence-electron chi connectivity index (χ4n) is 2.06. The molecule has 0 unspecified atom stereocenters. The first-order chi connectivity index (χ1) is 8.15. The molecular formula is C13H13N3O. The molecule has 0 radical (unpaired) electrons. The number of fused-ring (bicyclic) bond motifs is 1. The van der Waals surface area contributed by atoms with Gasteiger partial charge in [0, 0.05) is 28.2 Å². The number of H-pyrrole nitrogens is 1. The normalized spacial score (nSPS) is 11.2. The number of hydrogen-bond donors (Lipinski definition) is 2. The number of benzene rings is 1.